The molecule has 0 unspecified atom stereocenters. The first kappa shape index (κ1) is 20.4. The molecule has 4 aromatic rings. The number of hydrogen-bond acceptors (Lipinski definition) is 5. The number of fused-ring (bicyclic) bond motifs is 1. The third kappa shape index (κ3) is 3.67. The van der Waals surface area contributed by atoms with Gasteiger partial charge in [-0.3, -0.25) is 4.98 Å². The molecule has 0 bridgehead atoms. The number of H-pyrrole nitrogens is 1. The summed E-state index contributed by atoms with van der Waals surface area (Å²) in [6.45, 7) is 5.28. The Labute approximate surface area is 186 Å². The van der Waals surface area contributed by atoms with Crippen molar-refractivity contribution < 1.29 is 4.40 Å². The summed E-state index contributed by atoms with van der Waals surface area (Å²) in [7, 11) is 2.11. The van der Waals surface area contributed by atoms with Crippen LogP contribution in [0, 0.1) is 13.8 Å². The number of likely N-dealkylation sites (N-methyl/N-ethyl adjacent to an activating group) is 1. The minimum atomic E-state index is -0.211. The molecule has 3 N–H and O–H groups in total. The summed E-state index contributed by atoms with van der Waals surface area (Å²) in [6.07, 6.45) is 2.46. The van der Waals surface area contributed by atoms with Crippen LogP contribution in [0.25, 0.3) is 28.0 Å². The number of pyridine rings is 1. The first-order chi connectivity index (χ1) is 15.4. The Bertz CT molecular complexity index is 1330. The van der Waals surface area contributed by atoms with E-state index in [0.29, 0.717) is 18.2 Å². The van der Waals surface area contributed by atoms with Crippen molar-refractivity contribution in [2.45, 2.75) is 39.3 Å². The fourth-order valence-electron chi connectivity index (χ4n) is 4.32. The largest absolute Gasteiger partial charge is 0.428 e. The second-order valence-corrected chi connectivity index (χ2v) is 8.64. The highest BCUT2D eigenvalue weighted by molar-refractivity contribution is 5.88. The van der Waals surface area contributed by atoms with Crippen LogP contribution in [0.15, 0.2) is 47.3 Å². The number of nitrogens with zero attached hydrogens (tertiary/aromatic N) is 5. The Morgan fingerprint density at radius 2 is 1.81 bits per heavy atom. The van der Waals surface area contributed by atoms with E-state index in [1.54, 1.807) is 4.68 Å². The number of nitrogens with one attached hydrogen (secondary N) is 1. The zero-order chi connectivity index (χ0) is 22.4. The number of nitrogen functional groups attached to an aromatic ring is 1. The molecule has 0 spiro atoms. The van der Waals surface area contributed by atoms with E-state index in [0.717, 1.165) is 40.3 Å². The van der Waals surface area contributed by atoms with Gasteiger partial charge in [0.05, 0.1) is 12.1 Å². The lowest BCUT2D eigenvalue weighted by Gasteiger charge is -2.13. The first-order valence-corrected chi connectivity index (χ1v) is 11.0. The zero-order valence-electron chi connectivity index (χ0n) is 18.7. The number of benzene rings is 1. The number of aryl methyl sites for hydroxylation is 2. The second-order valence-electron chi connectivity index (χ2n) is 8.64. The maximum atomic E-state index is 13.3. The second kappa shape index (κ2) is 7.87. The van der Waals surface area contributed by atoms with Crippen molar-refractivity contribution in [3.05, 3.63) is 64.3 Å². The van der Waals surface area contributed by atoms with Gasteiger partial charge in [0.1, 0.15) is 5.69 Å². The van der Waals surface area contributed by atoms with Gasteiger partial charge in [0, 0.05) is 29.5 Å². The smallest absolute Gasteiger partial charge is 0.319 e. The van der Waals surface area contributed by atoms with Crippen molar-refractivity contribution in [1.82, 2.24) is 24.6 Å². The van der Waals surface area contributed by atoms with Crippen LogP contribution in [0.4, 0.5) is 5.95 Å². The predicted octanol–water partition coefficient (Wildman–Crippen LogP) is 2.33. The van der Waals surface area contributed by atoms with Gasteiger partial charge in [0.15, 0.2) is 0 Å². The van der Waals surface area contributed by atoms with Gasteiger partial charge in [-0.15, -0.1) is 9.38 Å². The van der Waals surface area contributed by atoms with Crippen LogP contribution in [0.5, 0.6) is 0 Å². The molecule has 3 heterocycles. The molecule has 1 fully saturated rings. The van der Waals surface area contributed by atoms with Crippen LogP contribution >= 0.6 is 0 Å². The zero-order valence-corrected chi connectivity index (χ0v) is 18.7. The maximum Gasteiger partial charge on any atom is 0.428 e. The third-order valence-corrected chi connectivity index (χ3v) is 6.08. The van der Waals surface area contributed by atoms with Crippen molar-refractivity contribution >= 4 is 11.6 Å². The van der Waals surface area contributed by atoms with Crippen LogP contribution < -0.4 is 15.8 Å². The fourth-order valence-corrected chi connectivity index (χ4v) is 4.32. The summed E-state index contributed by atoms with van der Waals surface area (Å²) in [5.74, 6) is 0.167. The lowest BCUT2D eigenvalue weighted by atomic mass is 9.99. The molecule has 5 rings (SSSR count). The SMILES string of the molecule is Cc1cc(-c2c(-c3ccccc3)nc(N)[n+]3c(=O)n(CCN(C)C4CC4)[nH]c23)cc(C)n1. The number of hydrogen-bond donors (Lipinski definition) is 2. The highest BCUT2D eigenvalue weighted by atomic mass is 16.2. The highest BCUT2D eigenvalue weighted by Crippen LogP contribution is 2.33. The monoisotopic (exact) mass is 430 g/mol. The molecule has 8 heteroatoms. The standard InChI is InChI=1S/C24H27N7O/c1-15-13-18(14-16(2)26-15)20-21(17-7-5-4-6-8-17)27-23(25)31-22(20)28-30(24(31)32)12-11-29(3)19-9-10-19/h4-8,13-14,19H,9-12H2,1-3H3,(H2,25,26,27,28)/p+1. The molecule has 164 valence electrons. The van der Waals surface area contributed by atoms with E-state index < -0.39 is 0 Å². The van der Waals surface area contributed by atoms with E-state index >= 15 is 0 Å². The molecular weight excluding hydrogens is 402 g/mol. The molecule has 3 aromatic heterocycles. The lowest BCUT2D eigenvalue weighted by molar-refractivity contribution is -0.516. The Balaban J connectivity index is 1.73. The molecule has 1 saturated carbocycles. The molecule has 0 amide bonds. The van der Waals surface area contributed by atoms with Gasteiger partial charge in [-0.1, -0.05) is 30.3 Å². The fraction of sp³-hybridized carbons (Fsp3) is 0.333. The molecule has 1 aliphatic carbocycles. The minimum absolute atomic E-state index is 0.167. The summed E-state index contributed by atoms with van der Waals surface area (Å²) in [4.78, 5) is 24.8. The van der Waals surface area contributed by atoms with Crippen LogP contribution in [0.3, 0.4) is 0 Å². The van der Waals surface area contributed by atoms with E-state index in [1.165, 1.54) is 17.2 Å². The van der Waals surface area contributed by atoms with Crippen molar-refractivity contribution in [1.29, 1.82) is 0 Å². The predicted molar refractivity (Wildman–Crippen MR) is 124 cm³/mol. The van der Waals surface area contributed by atoms with Gasteiger partial charge >= 0.3 is 11.6 Å². The summed E-state index contributed by atoms with van der Waals surface area (Å²) in [5, 5.41) is 3.34. The summed E-state index contributed by atoms with van der Waals surface area (Å²) in [6, 6.07) is 14.6. The number of anilines is 1. The van der Waals surface area contributed by atoms with E-state index in [1.807, 2.05) is 56.3 Å². The lowest BCUT2D eigenvalue weighted by Crippen LogP contribution is -2.45. The topological polar surface area (TPSA) is 96.9 Å². The molecule has 1 aromatic carbocycles. The average molecular weight is 431 g/mol. The Morgan fingerprint density at radius 1 is 1.12 bits per heavy atom. The van der Waals surface area contributed by atoms with Gasteiger partial charge in [-0.25, -0.2) is 9.89 Å². The van der Waals surface area contributed by atoms with Crippen LogP contribution in [-0.4, -0.2) is 44.3 Å². The quantitative estimate of drug-likeness (QED) is 0.458. The van der Waals surface area contributed by atoms with Crippen molar-refractivity contribution in [3.63, 3.8) is 0 Å². The third-order valence-electron chi connectivity index (χ3n) is 6.08. The average Bonchev–Trinajstić information content (AvgIpc) is 3.56. The molecule has 32 heavy (non-hydrogen) atoms. The molecule has 0 aliphatic heterocycles. The molecule has 0 saturated heterocycles. The Hall–Kier alpha value is -3.52. The van der Waals surface area contributed by atoms with E-state index in [2.05, 4.69) is 22.0 Å². The van der Waals surface area contributed by atoms with Gasteiger partial charge in [-0.05, 0) is 51.4 Å². The van der Waals surface area contributed by atoms with Crippen molar-refractivity contribution in [2.75, 3.05) is 19.3 Å². The van der Waals surface area contributed by atoms with E-state index in [-0.39, 0.29) is 11.6 Å². The molecule has 0 atom stereocenters. The van der Waals surface area contributed by atoms with Gasteiger partial charge in [-0.2, -0.15) is 4.68 Å². The number of aromatic amines is 1. The van der Waals surface area contributed by atoms with Crippen molar-refractivity contribution in [2.24, 2.45) is 0 Å². The minimum Gasteiger partial charge on any atom is -0.319 e. The van der Waals surface area contributed by atoms with E-state index in [9.17, 15) is 4.79 Å². The van der Waals surface area contributed by atoms with Gasteiger partial charge in [0.2, 0.25) is 5.65 Å². The normalized spacial score (nSPS) is 13.9. The highest BCUT2D eigenvalue weighted by Gasteiger charge is 2.28. The summed E-state index contributed by atoms with van der Waals surface area (Å²) >= 11 is 0. The van der Waals surface area contributed by atoms with Crippen LogP contribution in [-0.2, 0) is 6.54 Å². The Kier molecular flexibility index (Phi) is 5.01. The molecule has 1 aliphatic rings. The van der Waals surface area contributed by atoms with E-state index in [4.69, 9.17) is 10.7 Å². The summed E-state index contributed by atoms with van der Waals surface area (Å²) < 4.78 is 3.11. The van der Waals surface area contributed by atoms with Crippen LogP contribution in [0.1, 0.15) is 24.2 Å². The van der Waals surface area contributed by atoms with Gasteiger partial charge in [0.25, 0.3) is 0 Å². The Morgan fingerprint density at radius 3 is 2.47 bits per heavy atom. The molecule has 8 nitrogen and oxygen atoms in total. The number of aromatic nitrogens is 5. The summed E-state index contributed by atoms with van der Waals surface area (Å²) in [5.41, 5.74) is 12.0. The van der Waals surface area contributed by atoms with Gasteiger partial charge < -0.3 is 10.6 Å². The number of nitrogens with two attached hydrogens (primary N) is 1. The van der Waals surface area contributed by atoms with Crippen LogP contribution in [0.2, 0.25) is 0 Å². The first-order valence-electron chi connectivity index (χ1n) is 11.0. The maximum absolute atomic E-state index is 13.3. The molecule has 0 radical (unpaired) electrons. The molecular formula is C24H28N7O+. The van der Waals surface area contributed by atoms with Crippen molar-refractivity contribution in [3.8, 4) is 22.4 Å². The number of rotatable bonds is 6.